The first kappa shape index (κ1) is 13.3. The molecule has 1 heterocycles. The van der Waals surface area contributed by atoms with Gasteiger partial charge in [0, 0.05) is 25.0 Å². The maximum atomic E-state index is 9.34. The number of aliphatic hydroxyl groups is 1. The van der Waals surface area contributed by atoms with Gasteiger partial charge in [-0.05, 0) is 5.56 Å². The number of ether oxygens (including phenoxy) is 1. The summed E-state index contributed by atoms with van der Waals surface area (Å²) in [5.41, 5.74) is 1.19. The van der Waals surface area contributed by atoms with E-state index in [9.17, 15) is 5.11 Å². The Morgan fingerprint density at radius 3 is 2.83 bits per heavy atom. The lowest BCUT2D eigenvalue weighted by molar-refractivity contribution is -0.0580. The molecule has 18 heavy (non-hydrogen) atoms. The number of hydrogen-bond donors (Lipinski definition) is 1. The van der Waals surface area contributed by atoms with Crippen LogP contribution in [-0.2, 0) is 11.3 Å². The third kappa shape index (κ3) is 3.19. The lowest BCUT2D eigenvalue weighted by Crippen LogP contribution is -2.59. The normalized spacial score (nSPS) is 23.6. The number of nitrogens with zero attached hydrogens (tertiary/aromatic N) is 1. The van der Waals surface area contributed by atoms with Gasteiger partial charge in [-0.15, -0.1) is 6.58 Å². The molecule has 1 fully saturated rings. The van der Waals surface area contributed by atoms with E-state index >= 15 is 0 Å². The van der Waals surface area contributed by atoms with E-state index in [1.54, 1.807) is 0 Å². The van der Waals surface area contributed by atoms with Crippen LogP contribution in [0.3, 0.4) is 0 Å². The Kier molecular flexibility index (Phi) is 4.93. The van der Waals surface area contributed by atoms with Gasteiger partial charge in [0.1, 0.15) is 0 Å². The molecule has 1 aliphatic heterocycles. The maximum Gasteiger partial charge on any atom is 0.0717 e. The van der Waals surface area contributed by atoms with Crippen LogP contribution in [-0.4, -0.2) is 42.4 Å². The van der Waals surface area contributed by atoms with Gasteiger partial charge in [0.25, 0.3) is 0 Å². The molecule has 0 aliphatic carbocycles. The molecule has 98 valence electrons. The molecule has 3 nitrogen and oxygen atoms in total. The van der Waals surface area contributed by atoms with Gasteiger partial charge in [0.05, 0.1) is 19.8 Å². The lowest BCUT2D eigenvalue weighted by Gasteiger charge is -2.46. The Morgan fingerprint density at radius 1 is 1.39 bits per heavy atom. The van der Waals surface area contributed by atoms with Crippen molar-refractivity contribution in [2.24, 2.45) is 5.92 Å². The van der Waals surface area contributed by atoms with E-state index in [-0.39, 0.29) is 12.6 Å². The van der Waals surface area contributed by atoms with Crippen LogP contribution in [0, 0.1) is 5.92 Å². The van der Waals surface area contributed by atoms with Crippen LogP contribution < -0.4 is 0 Å². The summed E-state index contributed by atoms with van der Waals surface area (Å²) in [6.45, 7) is 7.13. The van der Waals surface area contributed by atoms with E-state index in [0.29, 0.717) is 19.1 Å². The monoisotopic (exact) mass is 247 g/mol. The molecular formula is C15H21NO2. The van der Waals surface area contributed by atoms with Crippen LogP contribution in [0.2, 0.25) is 0 Å². The number of hydrogen-bond acceptors (Lipinski definition) is 3. The van der Waals surface area contributed by atoms with Gasteiger partial charge in [-0.1, -0.05) is 36.4 Å². The zero-order valence-electron chi connectivity index (χ0n) is 10.7. The molecule has 1 saturated heterocycles. The number of likely N-dealkylation sites (tertiary alicyclic amines) is 1. The van der Waals surface area contributed by atoms with Crippen LogP contribution in [0.4, 0.5) is 0 Å². The summed E-state index contributed by atoms with van der Waals surface area (Å²) >= 11 is 0. The molecule has 0 amide bonds. The first-order valence-electron chi connectivity index (χ1n) is 6.42. The molecule has 0 radical (unpaired) electrons. The van der Waals surface area contributed by atoms with Crippen molar-refractivity contribution in [3.63, 3.8) is 0 Å². The first-order chi connectivity index (χ1) is 8.85. The van der Waals surface area contributed by atoms with Crippen molar-refractivity contribution in [3.8, 4) is 0 Å². The highest BCUT2D eigenvalue weighted by Crippen LogP contribution is 2.24. The molecule has 2 atom stereocenters. The average Bonchev–Trinajstić information content (AvgIpc) is 2.38. The van der Waals surface area contributed by atoms with E-state index in [0.717, 1.165) is 13.1 Å². The summed E-state index contributed by atoms with van der Waals surface area (Å²) in [6.07, 6.45) is 1.88. The fourth-order valence-corrected chi connectivity index (χ4v) is 2.42. The Balaban J connectivity index is 1.70. The molecule has 1 aromatic rings. The quantitative estimate of drug-likeness (QED) is 0.744. The first-order valence-corrected chi connectivity index (χ1v) is 6.42. The van der Waals surface area contributed by atoms with Crippen LogP contribution in [0.25, 0.3) is 0 Å². The van der Waals surface area contributed by atoms with Crippen LogP contribution >= 0.6 is 0 Å². The highest BCUT2D eigenvalue weighted by molar-refractivity contribution is 5.13. The van der Waals surface area contributed by atoms with Crippen LogP contribution in [0.5, 0.6) is 0 Å². The number of rotatable bonds is 7. The Morgan fingerprint density at radius 2 is 2.17 bits per heavy atom. The lowest BCUT2D eigenvalue weighted by atomic mass is 9.90. The Hall–Kier alpha value is -1.16. The predicted octanol–water partition coefficient (Wildman–Crippen LogP) is 1.68. The second-order valence-electron chi connectivity index (χ2n) is 4.75. The van der Waals surface area contributed by atoms with Crippen LogP contribution in [0.15, 0.2) is 43.0 Å². The van der Waals surface area contributed by atoms with E-state index in [1.165, 1.54) is 5.56 Å². The van der Waals surface area contributed by atoms with E-state index in [4.69, 9.17) is 4.74 Å². The van der Waals surface area contributed by atoms with Crippen molar-refractivity contribution in [3.05, 3.63) is 48.6 Å². The summed E-state index contributed by atoms with van der Waals surface area (Å²) in [6, 6.07) is 10.4. The van der Waals surface area contributed by atoms with Crippen molar-refractivity contribution in [2.45, 2.75) is 12.6 Å². The summed E-state index contributed by atoms with van der Waals surface area (Å²) in [7, 11) is 0. The summed E-state index contributed by atoms with van der Waals surface area (Å²) in [4.78, 5) is 2.23. The molecule has 0 aromatic heterocycles. The molecular weight excluding hydrogens is 226 g/mol. The average molecular weight is 247 g/mol. The minimum absolute atomic E-state index is 0.202. The topological polar surface area (TPSA) is 32.7 Å². The summed E-state index contributed by atoms with van der Waals surface area (Å²) in [5.74, 6) is 0.443. The molecule has 1 aliphatic rings. The smallest absolute Gasteiger partial charge is 0.0717 e. The summed E-state index contributed by atoms with van der Waals surface area (Å²) in [5, 5.41) is 9.34. The van der Waals surface area contributed by atoms with Gasteiger partial charge in [0.15, 0.2) is 0 Å². The second kappa shape index (κ2) is 6.69. The maximum absolute atomic E-state index is 9.34. The molecule has 1 N–H and O–H groups in total. The molecule has 0 spiro atoms. The van der Waals surface area contributed by atoms with Crippen molar-refractivity contribution in [1.82, 2.24) is 4.90 Å². The van der Waals surface area contributed by atoms with E-state index in [2.05, 4.69) is 23.6 Å². The van der Waals surface area contributed by atoms with Crippen molar-refractivity contribution < 1.29 is 9.84 Å². The number of aliphatic hydroxyl groups excluding tert-OH is 1. The fourth-order valence-electron chi connectivity index (χ4n) is 2.42. The van der Waals surface area contributed by atoms with Gasteiger partial charge >= 0.3 is 0 Å². The number of benzene rings is 1. The van der Waals surface area contributed by atoms with Crippen molar-refractivity contribution >= 4 is 0 Å². The zero-order chi connectivity index (χ0) is 12.8. The standard InChI is InChI=1S/C15H21NO2/c1-2-8-16-9-14(15(16)10-17)12-18-11-13-6-4-3-5-7-13/h2-7,14-15,17H,1,8-12H2/t14-,15-/m1/s1. The zero-order valence-corrected chi connectivity index (χ0v) is 10.7. The third-order valence-electron chi connectivity index (χ3n) is 3.48. The van der Waals surface area contributed by atoms with E-state index in [1.807, 2.05) is 24.3 Å². The largest absolute Gasteiger partial charge is 0.395 e. The SMILES string of the molecule is C=CCN1C[C@H](COCc2ccccc2)[C@H]1CO. The van der Waals surface area contributed by atoms with Crippen molar-refractivity contribution in [2.75, 3.05) is 26.3 Å². The highest BCUT2D eigenvalue weighted by atomic mass is 16.5. The second-order valence-corrected chi connectivity index (χ2v) is 4.75. The van der Waals surface area contributed by atoms with E-state index < -0.39 is 0 Å². The molecule has 0 bridgehead atoms. The molecule has 1 aromatic carbocycles. The van der Waals surface area contributed by atoms with Crippen molar-refractivity contribution in [1.29, 1.82) is 0 Å². The van der Waals surface area contributed by atoms with Crippen LogP contribution in [0.1, 0.15) is 5.56 Å². The molecule has 2 rings (SSSR count). The molecule has 0 saturated carbocycles. The molecule has 3 heteroatoms. The van der Waals surface area contributed by atoms with Gasteiger partial charge in [-0.3, -0.25) is 4.90 Å². The fraction of sp³-hybridized carbons (Fsp3) is 0.467. The minimum atomic E-state index is 0.202. The minimum Gasteiger partial charge on any atom is -0.395 e. The van der Waals surface area contributed by atoms with Gasteiger partial charge < -0.3 is 9.84 Å². The predicted molar refractivity (Wildman–Crippen MR) is 72.2 cm³/mol. The van der Waals surface area contributed by atoms with Gasteiger partial charge in [0.2, 0.25) is 0 Å². The summed E-state index contributed by atoms with van der Waals surface area (Å²) < 4.78 is 5.72. The van der Waals surface area contributed by atoms with Gasteiger partial charge in [-0.25, -0.2) is 0 Å². The highest BCUT2D eigenvalue weighted by Gasteiger charge is 2.37. The Bertz CT molecular complexity index is 366. The molecule has 0 unspecified atom stereocenters. The third-order valence-corrected chi connectivity index (χ3v) is 3.48. The van der Waals surface area contributed by atoms with Gasteiger partial charge in [-0.2, -0.15) is 0 Å². The Labute approximate surface area is 109 Å².